The van der Waals surface area contributed by atoms with Crippen molar-refractivity contribution in [3.8, 4) is 0 Å². The van der Waals surface area contributed by atoms with Gasteiger partial charge in [-0.25, -0.2) is 9.78 Å². The fourth-order valence-corrected chi connectivity index (χ4v) is 2.46. The molecule has 1 N–H and O–H groups in total. The Balaban J connectivity index is 2.43. The van der Waals surface area contributed by atoms with Crippen LogP contribution in [0.3, 0.4) is 0 Å². The summed E-state index contributed by atoms with van der Waals surface area (Å²) >= 11 is 0. The van der Waals surface area contributed by atoms with Gasteiger partial charge in [-0.3, -0.25) is 0 Å². The fourth-order valence-electron chi connectivity index (χ4n) is 2.46. The molecule has 100 valence electrons. The lowest BCUT2D eigenvalue weighted by Gasteiger charge is -2.15. The highest BCUT2D eigenvalue weighted by Gasteiger charge is 2.10. The largest absolute Gasteiger partial charge is 0.478 e. The highest BCUT2D eigenvalue weighted by molar-refractivity contribution is 6.13. The normalized spacial score (nSPS) is 10.9. The molecule has 0 spiro atoms. The number of nitrogens with zero attached hydrogens (tertiary/aromatic N) is 2. The van der Waals surface area contributed by atoms with Gasteiger partial charge in [0.25, 0.3) is 0 Å². The van der Waals surface area contributed by atoms with Gasteiger partial charge < -0.3 is 10.0 Å². The number of carboxylic acids is 1. The lowest BCUT2D eigenvalue weighted by atomic mass is 10.0. The molecular formula is C16H14N2O2. The van der Waals surface area contributed by atoms with E-state index in [2.05, 4.69) is 4.98 Å². The molecule has 4 nitrogen and oxygen atoms in total. The first-order valence-electron chi connectivity index (χ1n) is 6.30. The first-order chi connectivity index (χ1) is 9.58. The van der Waals surface area contributed by atoms with Crippen molar-refractivity contribution in [3.05, 3.63) is 48.2 Å². The van der Waals surface area contributed by atoms with Crippen LogP contribution in [0.4, 0.5) is 5.82 Å². The lowest BCUT2D eigenvalue weighted by molar-refractivity contribution is 0.0697. The number of benzene rings is 2. The smallest absolute Gasteiger partial charge is 0.335 e. The molecule has 0 atom stereocenters. The van der Waals surface area contributed by atoms with Crippen LogP contribution in [0.2, 0.25) is 0 Å². The number of rotatable bonds is 2. The Hall–Kier alpha value is -2.62. The molecule has 1 heterocycles. The Morgan fingerprint density at radius 1 is 1.10 bits per heavy atom. The van der Waals surface area contributed by atoms with Crippen molar-refractivity contribution in [3.63, 3.8) is 0 Å². The minimum Gasteiger partial charge on any atom is -0.478 e. The lowest BCUT2D eigenvalue weighted by Crippen LogP contribution is -2.11. The maximum Gasteiger partial charge on any atom is 0.335 e. The van der Waals surface area contributed by atoms with E-state index in [9.17, 15) is 4.79 Å². The Morgan fingerprint density at radius 2 is 1.85 bits per heavy atom. The van der Waals surface area contributed by atoms with Gasteiger partial charge in [0.2, 0.25) is 0 Å². The molecule has 0 bridgehead atoms. The number of fused-ring (bicyclic) bond motifs is 3. The molecule has 20 heavy (non-hydrogen) atoms. The van der Waals surface area contributed by atoms with Crippen molar-refractivity contribution >= 4 is 33.3 Å². The molecule has 0 saturated heterocycles. The summed E-state index contributed by atoms with van der Waals surface area (Å²) in [6, 6.07) is 11.1. The van der Waals surface area contributed by atoms with Gasteiger partial charge in [0, 0.05) is 25.7 Å². The van der Waals surface area contributed by atoms with Crippen LogP contribution in [0.1, 0.15) is 10.4 Å². The van der Waals surface area contributed by atoms with Crippen molar-refractivity contribution < 1.29 is 9.90 Å². The number of carbonyl (C=O) groups is 1. The van der Waals surface area contributed by atoms with Crippen LogP contribution < -0.4 is 4.90 Å². The van der Waals surface area contributed by atoms with Crippen molar-refractivity contribution in [1.29, 1.82) is 0 Å². The monoisotopic (exact) mass is 266 g/mol. The van der Waals surface area contributed by atoms with Crippen LogP contribution in [-0.4, -0.2) is 30.2 Å². The molecule has 0 amide bonds. The van der Waals surface area contributed by atoms with E-state index >= 15 is 0 Å². The minimum atomic E-state index is -0.911. The van der Waals surface area contributed by atoms with Gasteiger partial charge in [-0.05, 0) is 34.4 Å². The predicted molar refractivity (Wildman–Crippen MR) is 80.5 cm³/mol. The number of anilines is 1. The van der Waals surface area contributed by atoms with E-state index in [1.165, 1.54) is 0 Å². The zero-order valence-electron chi connectivity index (χ0n) is 11.3. The van der Waals surface area contributed by atoms with Crippen LogP contribution >= 0.6 is 0 Å². The van der Waals surface area contributed by atoms with E-state index in [1.807, 2.05) is 43.3 Å². The van der Waals surface area contributed by atoms with Gasteiger partial charge >= 0.3 is 5.97 Å². The van der Waals surface area contributed by atoms with Gasteiger partial charge in [-0.2, -0.15) is 0 Å². The van der Waals surface area contributed by atoms with Crippen molar-refractivity contribution in [1.82, 2.24) is 4.98 Å². The van der Waals surface area contributed by atoms with Crippen molar-refractivity contribution in [2.24, 2.45) is 0 Å². The average molecular weight is 266 g/mol. The number of pyridine rings is 1. The molecule has 0 fully saturated rings. The molecule has 3 aromatic rings. The fraction of sp³-hybridized carbons (Fsp3) is 0.125. The third kappa shape index (κ3) is 1.86. The number of aromatic nitrogens is 1. The van der Waals surface area contributed by atoms with Gasteiger partial charge in [-0.15, -0.1) is 0 Å². The molecule has 0 radical (unpaired) electrons. The highest BCUT2D eigenvalue weighted by atomic mass is 16.4. The SMILES string of the molecule is CN(C)c1nccc2ccc3cc(C(=O)O)ccc3c12. The Bertz CT molecular complexity index is 825. The molecule has 0 aliphatic rings. The number of carboxylic acid groups (broad SMARTS) is 1. The van der Waals surface area contributed by atoms with Gasteiger partial charge in [0.15, 0.2) is 0 Å². The van der Waals surface area contributed by atoms with Gasteiger partial charge in [-0.1, -0.05) is 18.2 Å². The number of hydrogen-bond acceptors (Lipinski definition) is 3. The first-order valence-corrected chi connectivity index (χ1v) is 6.30. The standard InChI is InChI=1S/C16H14N2O2/c1-18(2)15-14-10(7-8-17-15)3-4-11-9-12(16(19)20)5-6-13(11)14/h3-9H,1-2H3,(H,19,20). The molecule has 4 heteroatoms. The highest BCUT2D eigenvalue weighted by Crippen LogP contribution is 2.31. The third-order valence-electron chi connectivity index (χ3n) is 3.40. The molecule has 0 unspecified atom stereocenters. The Morgan fingerprint density at radius 3 is 2.55 bits per heavy atom. The molecule has 1 aromatic heterocycles. The van der Waals surface area contributed by atoms with E-state index in [0.717, 1.165) is 27.4 Å². The third-order valence-corrected chi connectivity index (χ3v) is 3.40. The zero-order chi connectivity index (χ0) is 14.3. The van der Waals surface area contributed by atoms with Gasteiger partial charge in [0.05, 0.1) is 5.56 Å². The summed E-state index contributed by atoms with van der Waals surface area (Å²) < 4.78 is 0. The predicted octanol–water partition coefficient (Wildman–Crippen LogP) is 3.15. The molecule has 0 aliphatic heterocycles. The number of aromatic carboxylic acids is 1. The zero-order valence-corrected chi connectivity index (χ0v) is 11.3. The van der Waals surface area contributed by atoms with E-state index in [-0.39, 0.29) is 0 Å². The van der Waals surface area contributed by atoms with Crippen LogP contribution in [0, 0.1) is 0 Å². The van der Waals surface area contributed by atoms with E-state index < -0.39 is 5.97 Å². The van der Waals surface area contributed by atoms with Crippen LogP contribution in [0.5, 0.6) is 0 Å². The van der Waals surface area contributed by atoms with Gasteiger partial charge in [0.1, 0.15) is 5.82 Å². The maximum absolute atomic E-state index is 11.1. The second kappa shape index (κ2) is 4.49. The Kier molecular flexibility index (Phi) is 2.79. The topological polar surface area (TPSA) is 53.4 Å². The second-order valence-corrected chi connectivity index (χ2v) is 4.93. The second-order valence-electron chi connectivity index (χ2n) is 4.93. The number of hydrogen-bond donors (Lipinski definition) is 1. The molecule has 2 aromatic carbocycles. The summed E-state index contributed by atoms with van der Waals surface area (Å²) in [7, 11) is 3.90. The summed E-state index contributed by atoms with van der Waals surface area (Å²) in [5.74, 6) is -0.0257. The van der Waals surface area contributed by atoms with Crippen LogP contribution in [-0.2, 0) is 0 Å². The summed E-state index contributed by atoms with van der Waals surface area (Å²) in [5, 5.41) is 13.2. The minimum absolute atomic E-state index is 0.298. The van der Waals surface area contributed by atoms with Crippen LogP contribution in [0.15, 0.2) is 42.6 Å². The van der Waals surface area contributed by atoms with E-state index in [4.69, 9.17) is 5.11 Å². The molecule has 0 aliphatic carbocycles. The van der Waals surface area contributed by atoms with E-state index in [0.29, 0.717) is 5.56 Å². The maximum atomic E-state index is 11.1. The van der Waals surface area contributed by atoms with Crippen LogP contribution in [0.25, 0.3) is 21.5 Å². The molecule has 0 saturated carbocycles. The summed E-state index contributed by atoms with van der Waals surface area (Å²) in [6.45, 7) is 0. The summed E-state index contributed by atoms with van der Waals surface area (Å²) in [5.41, 5.74) is 0.298. The quantitative estimate of drug-likeness (QED) is 0.724. The van der Waals surface area contributed by atoms with Crippen molar-refractivity contribution in [2.45, 2.75) is 0 Å². The molecule has 3 rings (SSSR count). The summed E-state index contributed by atoms with van der Waals surface area (Å²) in [6.07, 6.45) is 1.79. The Labute approximate surface area is 116 Å². The average Bonchev–Trinajstić information content (AvgIpc) is 2.45. The van der Waals surface area contributed by atoms with E-state index in [1.54, 1.807) is 18.3 Å². The van der Waals surface area contributed by atoms with Crippen molar-refractivity contribution in [2.75, 3.05) is 19.0 Å². The molecular weight excluding hydrogens is 252 g/mol. The first kappa shape index (κ1) is 12.4. The summed E-state index contributed by atoms with van der Waals surface area (Å²) in [4.78, 5) is 17.5.